The third kappa shape index (κ3) is 5.27. The van der Waals surface area contributed by atoms with Crippen molar-refractivity contribution in [1.82, 2.24) is 0 Å². The van der Waals surface area contributed by atoms with Crippen LogP contribution in [0.4, 0.5) is 23.7 Å². The number of amides is 1. The number of carbonyl (C=O) groups is 2. The number of nitrogens with one attached hydrogen (secondary N) is 1. The topological polar surface area (TPSA) is 84.9 Å². The number of hydrogen-bond acceptors (Lipinski definition) is 5. The van der Waals surface area contributed by atoms with Gasteiger partial charge in [0, 0.05) is 17.2 Å². The van der Waals surface area contributed by atoms with Gasteiger partial charge in [-0.15, -0.1) is 11.3 Å². The number of anilines is 1. The molecule has 1 aliphatic rings. The van der Waals surface area contributed by atoms with E-state index in [1.165, 1.54) is 14.0 Å². The number of hydrogen-bond donors (Lipinski definition) is 2. The monoisotopic (exact) mass is 567 g/mol. The van der Waals surface area contributed by atoms with E-state index in [1.54, 1.807) is 18.2 Å². The van der Waals surface area contributed by atoms with Crippen molar-refractivity contribution in [2.45, 2.75) is 31.3 Å². The van der Waals surface area contributed by atoms with Crippen molar-refractivity contribution >= 4 is 29.1 Å². The van der Waals surface area contributed by atoms with Crippen LogP contribution in [0.2, 0.25) is 0 Å². The van der Waals surface area contributed by atoms with Gasteiger partial charge >= 0.3 is 12.1 Å². The number of thiophene rings is 1. The molecule has 1 aromatic heterocycles. The smallest absolute Gasteiger partial charge is 0.412 e. The summed E-state index contributed by atoms with van der Waals surface area (Å²) in [4.78, 5) is 24.6. The van der Waals surface area contributed by atoms with Crippen molar-refractivity contribution in [1.29, 1.82) is 0 Å². The van der Waals surface area contributed by atoms with Gasteiger partial charge in [0.15, 0.2) is 5.13 Å². The van der Waals surface area contributed by atoms with Crippen molar-refractivity contribution in [2.24, 2.45) is 0 Å². The van der Waals surface area contributed by atoms with E-state index in [2.05, 4.69) is 5.32 Å². The molecule has 1 atom stereocenters. The van der Waals surface area contributed by atoms with Crippen LogP contribution in [0, 0.1) is 16.8 Å². The fraction of sp³-hybridized carbons (Fsp3) is 0.200. The molecule has 40 heavy (non-hydrogen) atoms. The molecule has 5 rings (SSSR count). The minimum atomic E-state index is -1.10. The Morgan fingerprint density at radius 2 is 1.68 bits per heavy atom. The highest BCUT2D eigenvalue weighted by molar-refractivity contribution is 7.14. The van der Waals surface area contributed by atoms with Crippen LogP contribution in [0.5, 0.6) is 5.75 Å². The Labute approximate surface area is 232 Å². The Morgan fingerprint density at radius 1 is 0.975 bits per heavy atom. The highest BCUT2D eigenvalue weighted by atomic mass is 32.1. The van der Waals surface area contributed by atoms with Gasteiger partial charge < -0.3 is 14.6 Å². The lowest BCUT2D eigenvalue weighted by atomic mass is 9.93. The summed E-state index contributed by atoms with van der Waals surface area (Å²) >= 11 is 0.807. The molecule has 1 amide bonds. The standard InChI is InChI=1S/C30H24F3NO5S/c1-16(22-14-20(31)8-10-23(22)32)39-29(37)34-24-15-26(33)40-27(24)18-5-9-21(25(13-18)38-2)17-3-6-19(7-4-17)30(11-12-30)28(35)36/h3-10,13-16H,11-12H2,1-2H3,(H,34,37)(H,35,36)/t16-/m1/s1. The molecule has 4 aromatic rings. The van der Waals surface area contributed by atoms with Crippen molar-refractivity contribution in [3.63, 3.8) is 0 Å². The first-order valence-corrected chi connectivity index (χ1v) is 13.2. The van der Waals surface area contributed by atoms with Crippen LogP contribution < -0.4 is 10.1 Å². The number of carboxylic acid groups (broad SMARTS) is 1. The largest absolute Gasteiger partial charge is 0.496 e. The maximum atomic E-state index is 14.3. The van der Waals surface area contributed by atoms with Crippen molar-refractivity contribution < 1.29 is 37.3 Å². The molecular formula is C30H24F3NO5S. The second-order valence-electron chi connectivity index (χ2n) is 9.51. The number of carboxylic acids is 1. The minimum Gasteiger partial charge on any atom is -0.496 e. The van der Waals surface area contributed by atoms with E-state index in [0.29, 0.717) is 29.0 Å². The van der Waals surface area contributed by atoms with Gasteiger partial charge in [0.05, 0.1) is 23.1 Å². The molecule has 0 aliphatic heterocycles. The number of rotatable bonds is 8. The lowest BCUT2D eigenvalue weighted by molar-refractivity contribution is -0.140. The molecule has 1 heterocycles. The second-order valence-corrected chi connectivity index (χ2v) is 10.5. The van der Waals surface area contributed by atoms with Gasteiger partial charge in [-0.3, -0.25) is 10.1 Å². The fourth-order valence-corrected chi connectivity index (χ4v) is 5.49. The number of halogens is 3. The third-order valence-electron chi connectivity index (χ3n) is 6.99. The first-order valence-electron chi connectivity index (χ1n) is 12.4. The molecule has 6 nitrogen and oxygen atoms in total. The Hall–Kier alpha value is -4.31. The van der Waals surface area contributed by atoms with E-state index in [9.17, 15) is 27.9 Å². The van der Waals surface area contributed by atoms with Gasteiger partial charge in [0.25, 0.3) is 0 Å². The molecular weight excluding hydrogens is 543 g/mol. The van der Waals surface area contributed by atoms with Crippen LogP contribution in [-0.4, -0.2) is 24.3 Å². The summed E-state index contributed by atoms with van der Waals surface area (Å²) in [5.74, 6) is -1.73. The fourth-order valence-electron chi connectivity index (χ4n) is 4.65. The van der Waals surface area contributed by atoms with Crippen LogP contribution in [0.15, 0.2) is 66.7 Å². The predicted molar refractivity (Wildman–Crippen MR) is 145 cm³/mol. The summed E-state index contributed by atoms with van der Waals surface area (Å²) in [5.41, 5.74) is 2.08. The van der Waals surface area contributed by atoms with Gasteiger partial charge in [-0.05, 0) is 60.7 Å². The highest BCUT2D eigenvalue weighted by Gasteiger charge is 2.51. The van der Waals surface area contributed by atoms with Gasteiger partial charge in [0.1, 0.15) is 23.5 Å². The molecule has 3 aromatic carbocycles. The predicted octanol–water partition coefficient (Wildman–Crippen LogP) is 7.93. The molecule has 0 bridgehead atoms. The molecule has 1 fully saturated rings. The molecule has 2 N–H and O–H groups in total. The van der Waals surface area contributed by atoms with Gasteiger partial charge in [-0.1, -0.05) is 36.4 Å². The summed E-state index contributed by atoms with van der Waals surface area (Å²) in [5, 5.41) is 11.5. The molecule has 0 unspecified atom stereocenters. The van der Waals surface area contributed by atoms with Crippen molar-refractivity contribution in [3.8, 4) is 27.3 Å². The number of methoxy groups -OCH3 is 1. The first kappa shape index (κ1) is 27.3. The van der Waals surface area contributed by atoms with Crippen LogP contribution >= 0.6 is 11.3 Å². The maximum Gasteiger partial charge on any atom is 0.412 e. The summed E-state index contributed by atoms with van der Waals surface area (Å²) in [6.45, 7) is 1.40. The van der Waals surface area contributed by atoms with Gasteiger partial charge in [0.2, 0.25) is 0 Å². The van der Waals surface area contributed by atoms with E-state index in [0.717, 1.165) is 52.3 Å². The lowest BCUT2D eigenvalue weighted by Crippen LogP contribution is -2.19. The van der Waals surface area contributed by atoms with Crippen LogP contribution in [0.25, 0.3) is 21.6 Å². The lowest BCUT2D eigenvalue weighted by Gasteiger charge is -2.16. The zero-order valence-electron chi connectivity index (χ0n) is 21.5. The summed E-state index contributed by atoms with van der Waals surface area (Å²) < 4.78 is 52.7. The van der Waals surface area contributed by atoms with Gasteiger partial charge in [-0.2, -0.15) is 4.39 Å². The zero-order valence-corrected chi connectivity index (χ0v) is 22.3. The molecule has 1 saturated carbocycles. The Kier molecular flexibility index (Phi) is 7.29. The average Bonchev–Trinajstić information content (AvgIpc) is 3.67. The summed E-state index contributed by atoms with van der Waals surface area (Å²) in [6.07, 6.45) is -0.837. The Bertz CT molecular complexity index is 1600. The summed E-state index contributed by atoms with van der Waals surface area (Å²) in [6, 6.07) is 16.5. The van der Waals surface area contributed by atoms with Crippen LogP contribution in [0.1, 0.15) is 37.0 Å². The maximum absolute atomic E-state index is 14.3. The van der Waals surface area contributed by atoms with Crippen LogP contribution in [-0.2, 0) is 14.9 Å². The van der Waals surface area contributed by atoms with E-state index >= 15 is 0 Å². The number of carbonyl (C=O) groups excluding carboxylic acids is 1. The molecule has 0 saturated heterocycles. The van der Waals surface area contributed by atoms with E-state index < -0.39 is 40.3 Å². The SMILES string of the molecule is COc1cc(-c2sc(F)cc2NC(=O)O[C@H](C)c2cc(F)ccc2F)ccc1-c1ccc(C2(C(=O)O)CC2)cc1. The second kappa shape index (κ2) is 10.7. The van der Waals surface area contributed by atoms with E-state index in [4.69, 9.17) is 9.47 Å². The minimum absolute atomic E-state index is 0.129. The number of benzene rings is 3. The molecule has 0 radical (unpaired) electrons. The molecule has 0 spiro atoms. The Balaban J connectivity index is 1.36. The van der Waals surface area contributed by atoms with Crippen molar-refractivity contribution in [3.05, 3.63) is 94.6 Å². The van der Waals surface area contributed by atoms with Crippen LogP contribution in [0.3, 0.4) is 0 Å². The van der Waals surface area contributed by atoms with Gasteiger partial charge in [-0.25, -0.2) is 13.6 Å². The normalized spacial score (nSPS) is 14.3. The Morgan fingerprint density at radius 3 is 2.33 bits per heavy atom. The molecule has 1 aliphatic carbocycles. The average molecular weight is 568 g/mol. The van der Waals surface area contributed by atoms with Crippen molar-refractivity contribution in [2.75, 3.05) is 12.4 Å². The first-order chi connectivity index (χ1) is 19.1. The van der Waals surface area contributed by atoms with E-state index in [-0.39, 0.29) is 11.3 Å². The molecule has 206 valence electrons. The number of aliphatic carboxylic acids is 1. The van der Waals surface area contributed by atoms with E-state index in [1.807, 2.05) is 24.3 Å². The quantitative estimate of drug-likeness (QED) is 0.226. The zero-order chi connectivity index (χ0) is 28.6. The summed E-state index contributed by atoms with van der Waals surface area (Å²) in [7, 11) is 1.50. The third-order valence-corrected chi connectivity index (χ3v) is 7.96. The highest BCUT2D eigenvalue weighted by Crippen LogP contribution is 2.49. The number of ether oxygens (including phenoxy) is 2. The molecule has 10 heteroatoms.